The van der Waals surface area contributed by atoms with Gasteiger partial charge in [0.2, 0.25) is 0 Å². The first-order chi connectivity index (χ1) is 10.1. The summed E-state index contributed by atoms with van der Waals surface area (Å²) in [5, 5.41) is 9.27. The Balaban J connectivity index is 2.31. The first-order valence-corrected chi connectivity index (χ1v) is 7.23. The van der Waals surface area contributed by atoms with Crippen LogP contribution in [0, 0.1) is 25.2 Å². The number of anilines is 1. The number of nitrogens with zero attached hydrogens (tertiary/aromatic N) is 2. The number of aryl methyl sites for hydroxylation is 2. The summed E-state index contributed by atoms with van der Waals surface area (Å²) < 4.78 is 5.61. The molecule has 5 heteroatoms. The van der Waals surface area contributed by atoms with Crippen molar-refractivity contribution in [1.29, 1.82) is 5.26 Å². The monoisotopic (exact) mass is 295 g/mol. The maximum Gasteiger partial charge on any atom is 0.129 e. The Labute approximate surface area is 126 Å². The van der Waals surface area contributed by atoms with Gasteiger partial charge in [-0.05, 0) is 37.6 Å². The van der Waals surface area contributed by atoms with Crippen LogP contribution in [0.5, 0.6) is 0 Å². The summed E-state index contributed by atoms with van der Waals surface area (Å²) in [6.45, 7) is 3.82. The molecule has 3 aromatic rings. The van der Waals surface area contributed by atoms with Gasteiger partial charge in [0, 0.05) is 28.4 Å². The minimum absolute atomic E-state index is 0.516. The molecule has 0 aliphatic rings. The summed E-state index contributed by atoms with van der Waals surface area (Å²) in [6, 6.07) is 7.94. The Hall–Kier alpha value is -2.58. The lowest BCUT2D eigenvalue weighted by Crippen LogP contribution is -1.89. The van der Waals surface area contributed by atoms with Gasteiger partial charge in [0.1, 0.15) is 22.5 Å². The van der Waals surface area contributed by atoms with Crippen molar-refractivity contribution in [2.45, 2.75) is 13.8 Å². The van der Waals surface area contributed by atoms with Crippen LogP contribution >= 0.6 is 11.3 Å². The topological polar surface area (TPSA) is 75.8 Å². The molecule has 21 heavy (non-hydrogen) atoms. The van der Waals surface area contributed by atoms with Crippen molar-refractivity contribution in [1.82, 2.24) is 4.98 Å². The predicted octanol–water partition coefficient (Wildman–Crippen LogP) is 4.14. The van der Waals surface area contributed by atoms with Crippen LogP contribution < -0.4 is 5.73 Å². The third kappa shape index (κ3) is 2.20. The fourth-order valence-electron chi connectivity index (χ4n) is 2.38. The molecule has 0 saturated heterocycles. The van der Waals surface area contributed by atoms with Gasteiger partial charge in [-0.25, -0.2) is 0 Å². The summed E-state index contributed by atoms with van der Waals surface area (Å²) in [5.74, 6) is 1.67. The molecular weight excluding hydrogens is 282 g/mol. The number of pyridine rings is 1. The van der Waals surface area contributed by atoms with Gasteiger partial charge in [-0.3, -0.25) is 4.98 Å². The number of hydrogen-bond donors (Lipinski definition) is 1. The lowest BCUT2D eigenvalue weighted by Gasteiger charge is -2.04. The SMILES string of the molecule is Cc1cc(-c2sc(C#N)c(N)c2-c2ccncc2)c(C)o1. The van der Waals surface area contributed by atoms with E-state index in [-0.39, 0.29) is 0 Å². The van der Waals surface area contributed by atoms with Gasteiger partial charge in [-0.15, -0.1) is 11.3 Å². The smallest absolute Gasteiger partial charge is 0.129 e. The molecule has 0 aliphatic heterocycles. The van der Waals surface area contributed by atoms with E-state index in [4.69, 9.17) is 10.2 Å². The van der Waals surface area contributed by atoms with Gasteiger partial charge in [0.25, 0.3) is 0 Å². The highest BCUT2D eigenvalue weighted by Gasteiger charge is 2.21. The van der Waals surface area contributed by atoms with Crippen LogP contribution in [0.2, 0.25) is 0 Å². The van der Waals surface area contributed by atoms with E-state index in [1.807, 2.05) is 32.0 Å². The third-order valence-electron chi connectivity index (χ3n) is 3.30. The van der Waals surface area contributed by atoms with E-state index in [0.717, 1.165) is 33.1 Å². The van der Waals surface area contributed by atoms with Crippen LogP contribution in [0.4, 0.5) is 5.69 Å². The molecule has 104 valence electrons. The summed E-state index contributed by atoms with van der Waals surface area (Å²) in [6.07, 6.45) is 3.44. The average molecular weight is 295 g/mol. The van der Waals surface area contributed by atoms with E-state index in [0.29, 0.717) is 10.6 Å². The van der Waals surface area contributed by atoms with Crippen LogP contribution in [0.3, 0.4) is 0 Å². The molecule has 0 saturated carbocycles. The zero-order valence-corrected chi connectivity index (χ0v) is 12.5. The van der Waals surface area contributed by atoms with E-state index >= 15 is 0 Å². The fraction of sp³-hybridized carbons (Fsp3) is 0.125. The van der Waals surface area contributed by atoms with Crippen molar-refractivity contribution < 1.29 is 4.42 Å². The van der Waals surface area contributed by atoms with Gasteiger partial charge in [-0.1, -0.05) is 0 Å². The van der Waals surface area contributed by atoms with Crippen molar-refractivity contribution in [3.63, 3.8) is 0 Å². The molecule has 0 bridgehead atoms. The molecule has 0 radical (unpaired) electrons. The van der Waals surface area contributed by atoms with Crippen LogP contribution in [0.15, 0.2) is 35.0 Å². The highest BCUT2D eigenvalue weighted by molar-refractivity contribution is 7.17. The second kappa shape index (κ2) is 5.08. The minimum atomic E-state index is 0.516. The molecule has 3 rings (SSSR count). The molecule has 0 aliphatic carbocycles. The second-order valence-electron chi connectivity index (χ2n) is 4.72. The lowest BCUT2D eigenvalue weighted by molar-refractivity contribution is 0.505. The maximum absolute atomic E-state index is 9.27. The molecule has 2 N–H and O–H groups in total. The number of hydrogen-bond acceptors (Lipinski definition) is 5. The molecule has 0 amide bonds. The van der Waals surface area contributed by atoms with Crippen molar-refractivity contribution in [2.75, 3.05) is 5.73 Å². The van der Waals surface area contributed by atoms with E-state index in [9.17, 15) is 5.26 Å². The Bertz CT molecular complexity index is 841. The number of nitrogens with two attached hydrogens (primary N) is 1. The second-order valence-corrected chi connectivity index (χ2v) is 5.74. The Morgan fingerprint density at radius 1 is 1.29 bits per heavy atom. The van der Waals surface area contributed by atoms with E-state index in [2.05, 4.69) is 11.1 Å². The largest absolute Gasteiger partial charge is 0.466 e. The van der Waals surface area contributed by atoms with Crippen molar-refractivity contribution in [3.8, 4) is 27.6 Å². The molecule has 0 atom stereocenters. The van der Waals surface area contributed by atoms with Gasteiger partial charge in [0.05, 0.1) is 5.69 Å². The Morgan fingerprint density at radius 2 is 2.00 bits per heavy atom. The fourth-order valence-corrected chi connectivity index (χ4v) is 3.48. The minimum Gasteiger partial charge on any atom is -0.466 e. The maximum atomic E-state index is 9.27. The van der Waals surface area contributed by atoms with Crippen molar-refractivity contribution >= 4 is 17.0 Å². The molecule has 4 nitrogen and oxygen atoms in total. The number of nitriles is 1. The van der Waals surface area contributed by atoms with Crippen LogP contribution in [-0.4, -0.2) is 4.98 Å². The number of aromatic nitrogens is 1. The summed E-state index contributed by atoms with van der Waals surface area (Å²) >= 11 is 1.40. The van der Waals surface area contributed by atoms with Gasteiger partial charge in [-0.2, -0.15) is 5.26 Å². The standard InChI is InChI=1S/C16H13N3OS/c1-9-7-12(10(2)20-9)16-14(11-3-5-19-6-4-11)15(18)13(8-17)21-16/h3-7H,18H2,1-2H3. The number of furan rings is 1. The predicted molar refractivity (Wildman–Crippen MR) is 83.9 cm³/mol. The molecule has 0 aromatic carbocycles. The first kappa shape index (κ1) is 13.4. The van der Waals surface area contributed by atoms with Gasteiger partial charge < -0.3 is 10.2 Å². The number of nitrogen functional groups attached to an aromatic ring is 1. The van der Waals surface area contributed by atoms with Crippen LogP contribution in [0.25, 0.3) is 21.6 Å². The zero-order valence-electron chi connectivity index (χ0n) is 11.7. The van der Waals surface area contributed by atoms with E-state index in [1.165, 1.54) is 11.3 Å². The Morgan fingerprint density at radius 3 is 2.57 bits per heavy atom. The molecule has 3 heterocycles. The molecule has 0 unspecified atom stereocenters. The average Bonchev–Trinajstić information content (AvgIpc) is 2.99. The van der Waals surface area contributed by atoms with Crippen LogP contribution in [-0.2, 0) is 0 Å². The van der Waals surface area contributed by atoms with Crippen molar-refractivity contribution in [3.05, 3.63) is 47.0 Å². The lowest BCUT2D eigenvalue weighted by atomic mass is 10.0. The number of thiophene rings is 1. The quantitative estimate of drug-likeness (QED) is 0.770. The Kier molecular flexibility index (Phi) is 3.24. The van der Waals surface area contributed by atoms with E-state index in [1.54, 1.807) is 12.4 Å². The molecule has 3 aromatic heterocycles. The summed E-state index contributed by atoms with van der Waals surface area (Å²) in [4.78, 5) is 5.52. The first-order valence-electron chi connectivity index (χ1n) is 6.42. The zero-order chi connectivity index (χ0) is 15.0. The number of rotatable bonds is 2. The summed E-state index contributed by atoms with van der Waals surface area (Å²) in [5.41, 5.74) is 9.51. The molecular formula is C16H13N3OS. The van der Waals surface area contributed by atoms with Gasteiger partial charge >= 0.3 is 0 Å². The third-order valence-corrected chi connectivity index (χ3v) is 4.44. The summed E-state index contributed by atoms with van der Waals surface area (Å²) in [7, 11) is 0. The van der Waals surface area contributed by atoms with Crippen LogP contribution in [0.1, 0.15) is 16.4 Å². The molecule has 0 fully saturated rings. The highest BCUT2D eigenvalue weighted by Crippen LogP contribution is 2.46. The van der Waals surface area contributed by atoms with Crippen molar-refractivity contribution in [2.24, 2.45) is 0 Å². The van der Waals surface area contributed by atoms with E-state index < -0.39 is 0 Å². The highest BCUT2D eigenvalue weighted by atomic mass is 32.1. The normalized spacial score (nSPS) is 10.5. The van der Waals surface area contributed by atoms with Gasteiger partial charge in [0.15, 0.2) is 0 Å². The molecule has 0 spiro atoms.